The van der Waals surface area contributed by atoms with E-state index in [4.69, 9.17) is 17.3 Å². The lowest BCUT2D eigenvalue weighted by Gasteiger charge is -2.09. The van der Waals surface area contributed by atoms with E-state index in [2.05, 4.69) is 15.3 Å². The molecule has 7 heteroatoms. The molecule has 1 aromatic carbocycles. The van der Waals surface area contributed by atoms with Gasteiger partial charge in [-0.2, -0.15) is 0 Å². The van der Waals surface area contributed by atoms with Crippen molar-refractivity contribution in [3.8, 4) is 0 Å². The summed E-state index contributed by atoms with van der Waals surface area (Å²) in [6.45, 7) is 2.51. The minimum Gasteiger partial charge on any atom is -0.378 e. The first kappa shape index (κ1) is 14.7. The summed E-state index contributed by atoms with van der Waals surface area (Å²) < 4.78 is 0. The zero-order chi connectivity index (χ0) is 15.7. The normalized spacial score (nSPS) is 10.8. The lowest BCUT2D eigenvalue weighted by molar-refractivity contribution is 0.100. The number of nitrogens with one attached hydrogen (secondary N) is 1. The van der Waals surface area contributed by atoms with E-state index in [9.17, 15) is 4.79 Å². The Morgan fingerprint density at radius 3 is 3.00 bits per heavy atom. The van der Waals surface area contributed by atoms with Crippen LogP contribution in [-0.2, 0) is 6.54 Å². The second kappa shape index (κ2) is 5.90. The second-order valence-electron chi connectivity index (χ2n) is 4.83. The van der Waals surface area contributed by atoms with Gasteiger partial charge in [0.2, 0.25) is 5.91 Å². The summed E-state index contributed by atoms with van der Waals surface area (Å²) in [7, 11) is 0. The Morgan fingerprint density at radius 1 is 1.41 bits per heavy atom. The molecule has 0 saturated heterocycles. The molecule has 1 amide bonds. The average molecular weight is 333 g/mol. The minimum atomic E-state index is -0.443. The van der Waals surface area contributed by atoms with Gasteiger partial charge in [-0.1, -0.05) is 29.0 Å². The van der Waals surface area contributed by atoms with Crippen molar-refractivity contribution in [2.24, 2.45) is 5.73 Å². The molecule has 2 heterocycles. The molecule has 0 aliphatic rings. The van der Waals surface area contributed by atoms with Crippen LogP contribution in [0.3, 0.4) is 0 Å². The number of nitrogens with two attached hydrogens (primary N) is 1. The van der Waals surface area contributed by atoms with E-state index in [-0.39, 0.29) is 0 Å². The number of aromatic nitrogens is 2. The molecule has 0 bridgehead atoms. The van der Waals surface area contributed by atoms with Gasteiger partial charge in [0.25, 0.3) is 0 Å². The Balaban J connectivity index is 1.81. The van der Waals surface area contributed by atoms with Crippen LogP contribution in [0.2, 0.25) is 5.02 Å². The molecule has 112 valence electrons. The van der Waals surface area contributed by atoms with Gasteiger partial charge < -0.3 is 11.1 Å². The molecule has 3 rings (SSSR count). The molecule has 2 aromatic heterocycles. The molecule has 5 nitrogen and oxygen atoms in total. The summed E-state index contributed by atoms with van der Waals surface area (Å²) in [5.41, 5.74) is 8.47. The molecule has 0 atom stereocenters. The lowest BCUT2D eigenvalue weighted by atomic mass is 10.1. The maximum Gasteiger partial charge on any atom is 0.248 e. The number of nitrogens with zero attached hydrogens (tertiary/aromatic N) is 2. The van der Waals surface area contributed by atoms with Gasteiger partial charge in [0.05, 0.1) is 11.6 Å². The summed E-state index contributed by atoms with van der Waals surface area (Å²) in [6, 6.07) is 7.12. The zero-order valence-corrected chi connectivity index (χ0v) is 13.3. The van der Waals surface area contributed by atoms with Gasteiger partial charge in [-0.25, -0.2) is 9.97 Å². The number of primary amides is 1. The largest absolute Gasteiger partial charge is 0.378 e. The SMILES string of the molecule is Cc1ccc(C(N)=O)cc1NCc1nc2cc(Cl)cnc2s1. The van der Waals surface area contributed by atoms with Gasteiger partial charge in [-0.15, -0.1) is 0 Å². The number of pyridine rings is 1. The van der Waals surface area contributed by atoms with Crippen molar-refractivity contribution in [2.75, 3.05) is 5.32 Å². The number of halogens is 1. The molecule has 22 heavy (non-hydrogen) atoms. The average Bonchev–Trinajstić information content (AvgIpc) is 2.88. The third-order valence-corrected chi connectivity index (χ3v) is 4.40. The van der Waals surface area contributed by atoms with E-state index in [0.29, 0.717) is 17.1 Å². The van der Waals surface area contributed by atoms with Crippen molar-refractivity contribution in [3.05, 3.63) is 51.6 Å². The summed E-state index contributed by atoms with van der Waals surface area (Å²) in [6.07, 6.45) is 1.61. The molecule has 0 radical (unpaired) electrons. The summed E-state index contributed by atoms with van der Waals surface area (Å²) in [5.74, 6) is -0.443. The Labute approximate surface area is 136 Å². The fourth-order valence-corrected chi connectivity index (χ4v) is 3.03. The van der Waals surface area contributed by atoms with Gasteiger partial charge in [-0.3, -0.25) is 4.79 Å². The van der Waals surface area contributed by atoms with E-state index in [1.165, 1.54) is 11.3 Å². The molecule has 3 N–H and O–H groups in total. The van der Waals surface area contributed by atoms with Gasteiger partial charge in [-0.05, 0) is 30.7 Å². The van der Waals surface area contributed by atoms with Crippen molar-refractivity contribution in [1.82, 2.24) is 9.97 Å². The molecular formula is C15H13ClN4OS. The van der Waals surface area contributed by atoms with E-state index < -0.39 is 5.91 Å². The van der Waals surface area contributed by atoms with Crippen LogP contribution in [0.5, 0.6) is 0 Å². The first-order valence-corrected chi connectivity index (χ1v) is 7.77. The molecule has 0 spiro atoms. The maximum atomic E-state index is 11.3. The van der Waals surface area contributed by atoms with Crippen molar-refractivity contribution in [1.29, 1.82) is 0 Å². The fourth-order valence-electron chi connectivity index (χ4n) is 2.06. The highest BCUT2D eigenvalue weighted by atomic mass is 35.5. The Bertz CT molecular complexity index is 862. The smallest absolute Gasteiger partial charge is 0.248 e. The Morgan fingerprint density at radius 2 is 2.23 bits per heavy atom. The predicted octanol–water partition coefficient (Wildman–Crippen LogP) is 3.36. The van der Waals surface area contributed by atoms with Gasteiger partial charge in [0, 0.05) is 17.4 Å². The van der Waals surface area contributed by atoms with Crippen molar-refractivity contribution in [2.45, 2.75) is 13.5 Å². The fraction of sp³-hybridized carbons (Fsp3) is 0.133. The number of aryl methyl sites for hydroxylation is 1. The van der Waals surface area contributed by atoms with Gasteiger partial charge >= 0.3 is 0 Å². The molecule has 0 fully saturated rings. The molecule has 0 aliphatic heterocycles. The van der Waals surface area contributed by atoms with Crippen LogP contribution in [0.25, 0.3) is 10.3 Å². The van der Waals surface area contributed by atoms with Crippen LogP contribution >= 0.6 is 22.9 Å². The predicted molar refractivity (Wildman–Crippen MR) is 89.4 cm³/mol. The Kier molecular flexibility index (Phi) is 3.96. The molecule has 0 unspecified atom stereocenters. The number of benzene rings is 1. The van der Waals surface area contributed by atoms with Crippen molar-refractivity contribution < 1.29 is 4.79 Å². The number of anilines is 1. The molecular weight excluding hydrogens is 320 g/mol. The quantitative estimate of drug-likeness (QED) is 0.767. The topological polar surface area (TPSA) is 80.9 Å². The number of hydrogen-bond acceptors (Lipinski definition) is 5. The maximum absolute atomic E-state index is 11.3. The third kappa shape index (κ3) is 3.03. The number of carbonyl (C=O) groups is 1. The Hall–Kier alpha value is -2.18. The monoisotopic (exact) mass is 332 g/mol. The number of amides is 1. The second-order valence-corrected chi connectivity index (χ2v) is 6.33. The van der Waals surface area contributed by atoms with Crippen LogP contribution in [0.15, 0.2) is 30.5 Å². The summed E-state index contributed by atoms with van der Waals surface area (Å²) in [4.78, 5) is 20.8. The number of rotatable bonds is 4. The lowest BCUT2D eigenvalue weighted by Crippen LogP contribution is -2.11. The zero-order valence-electron chi connectivity index (χ0n) is 11.8. The van der Waals surface area contributed by atoms with Gasteiger partial charge in [0.1, 0.15) is 15.4 Å². The number of thiazole rings is 1. The number of fused-ring (bicyclic) bond motifs is 1. The third-order valence-electron chi connectivity index (χ3n) is 3.21. The molecule has 3 aromatic rings. The van der Waals surface area contributed by atoms with Crippen LogP contribution in [0.4, 0.5) is 5.69 Å². The van der Waals surface area contributed by atoms with E-state index in [0.717, 1.165) is 26.6 Å². The van der Waals surface area contributed by atoms with Crippen LogP contribution in [0, 0.1) is 6.92 Å². The van der Waals surface area contributed by atoms with E-state index >= 15 is 0 Å². The highest BCUT2D eigenvalue weighted by molar-refractivity contribution is 7.18. The summed E-state index contributed by atoms with van der Waals surface area (Å²) in [5, 5.41) is 4.75. The van der Waals surface area contributed by atoms with Crippen LogP contribution < -0.4 is 11.1 Å². The number of hydrogen-bond donors (Lipinski definition) is 2. The first-order chi connectivity index (χ1) is 10.5. The first-order valence-electron chi connectivity index (χ1n) is 6.58. The van der Waals surface area contributed by atoms with E-state index in [1.807, 2.05) is 13.0 Å². The van der Waals surface area contributed by atoms with Gasteiger partial charge in [0.15, 0.2) is 0 Å². The van der Waals surface area contributed by atoms with Crippen LogP contribution in [0.1, 0.15) is 20.9 Å². The van der Waals surface area contributed by atoms with Crippen molar-refractivity contribution in [3.63, 3.8) is 0 Å². The molecule has 0 saturated carbocycles. The minimum absolute atomic E-state index is 0.443. The highest BCUT2D eigenvalue weighted by Gasteiger charge is 2.08. The number of carbonyl (C=O) groups excluding carboxylic acids is 1. The van der Waals surface area contributed by atoms with E-state index in [1.54, 1.807) is 24.4 Å². The molecule has 0 aliphatic carbocycles. The standard InChI is InChI=1S/C15H13ClN4OS/c1-8-2-3-9(14(17)21)4-11(8)18-7-13-20-12-5-10(16)6-19-15(12)22-13/h2-6,18H,7H2,1H3,(H2,17,21). The van der Waals surface area contributed by atoms with Crippen LogP contribution in [-0.4, -0.2) is 15.9 Å². The highest BCUT2D eigenvalue weighted by Crippen LogP contribution is 2.24. The summed E-state index contributed by atoms with van der Waals surface area (Å²) >= 11 is 7.42. The van der Waals surface area contributed by atoms with Crippen molar-refractivity contribution >= 4 is 44.9 Å².